The van der Waals surface area contributed by atoms with Gasteiger partial charge in [-0.3, -0.25) is 4.79 Å². The largest absolute Gasteiger partial charge is 0.695 e. The van der Waals surface area contributed by atoms with Crippen LogP contribution < -0.4 is 0 Å². The summed E-state index contributed by atoms with van der Waals surface area (Å²) in [7, 11) is -2.98. The third-order valence-corrected chi connectivity index (χ3v) is 1.86. The smallest absolute Gasteiger partial charge is 0.466 e. The van der Waals surface area contributed by atoms with Crippen molar-refractivity contribution in [1.82, 2.24) is 0 Å². The molecule has 0 fully saturated rings. The topological polar surface area (TPSA) is 99.1 Å². The summed E-state index contributed by atoms with van der Waals surface area (Å²) in [4.78, 5) is 30.8. The summed E-state index contributed by atoms with van der Waals surface area (Å²) in [5, 5.41) is 0. The van der Waals surface area contributed by atoms with Crippen LogP contribution in [0.5, 0.6) is 0 Å². The molecule has 0 aliphatic carbocycles. The summed E-state index contributed by atoms with van der Waals surface area (Å²) < 4.78 is 23.9. The third kappa shape index (κ3) is 6.44. The molecule has 16 heavy (non-hydrogen) atoms. The van der Waals surface area contributed by atoms with E-state index in [1.54, 1.807) is 13.8 Å². The van der Waals surface area contributed by atoms with Gasteiger partial charge in [0.15, 0.2) is 0 Å². The summed E-state index contributed by atoms with van der Waals surface area (Å²) in [5.41, 5.74) is 0. The van der Waals surface area contributed by atoms with Crippen LogP contribution in [0.4, 0.5) is 0 Å². The van der Waals surface area contributed by atoms with E-state index in [2.05, 4.69) is 14.0 Å². The van der Waals surface area contributed by atoms with Crippen molar-refractivity contribution in [3.63, 3.8) is 0 Å². The number of carbonyl (C=O) groups is 2. The van der Waals surface area contributed by atoms with Gasteiger partial charge < -0.3 is 9.47 Å². The van der Waals surface area contributed by atoms with Crippen LogP contribution in [0.25, 0.3) is 0 Å². The van der Waals surface area contributed by atoms with Crippen LogP contribution in [0.3, 0.4) is 0 Å². The number of esters is 2. The monoisotopic (exact) mass is 253 g/mol. The average Bonchev–Trinajstić information content (AvgIpc) is 2.16. The Morgan fingerprint density at radius 2 is 1.81 bits per heavy atom. The molecule has 0 amide bonds. The lowest BCUT2D eigenvalue weighted by Gasteiger charge is -2.08. The Morgan fingerprint density at radius 1 is 1.25 bits per heavy atom. The molecule has 0 aromatic heterocycles. The zero-order chi connectivity index (χ0) is 12.6. The highest BCUT2D eigenvalue weighted by Crippen LogP contribution is 2.21. The molecular weight excluding hydrogens is 239 g/mol. The van der Waals surface area contributed by atoms with Gasteiger partial charge in [-0.2, -0.15) is 0 Å². The Hall–Kier alpha value is -1.04. The van der Waals surface area contributed by atoms with Crippen LogP contribution >= 0.6 is 8.25 Å². The van der Waals surface area contributed by atoms with Gasteiger partial charge >= 0.3 is 20.2 Å². The number of carbonyl (C=O) groups excluding carboxylic acids is 2. The van der Waals surface area contributed by atoms with Gasteiger partial charge in [-0.25, -0.2) is 4.79 Å². The lowest BCUT2D eigenvalue weighted by Crippen LogP contribution is -2.28. The molecule has 92 valence electrons. The van der Waals surface area contributed by atoms with E-state index in [0.717, 1.165) is 0 Å². The molecule has 0 aromatic carbocycles. The van der Waals surface area contributed by atoms with E-state index in [1.165, 1.54) is 0 Å². The Bertz CT molecular complexity index is 265. The van der Waals surface area contributed by atoms with E-state index in [9.17, 15) is 14.2 Å². The minimum absolute atomic E-state index is 0.0870. The van der Waals surface area contributed by atoms with Crippen LogP contribution in [0.2, 0.25) is 0 Å². The normalized spacial score (nSPS) is 12.8. The number of ether oxygens (including phenoxy) is 2. The number of rotatable bonds is 7. The molecule has 1 N–H and O–H groups in total. The molecule has 0 saturated carbocycles. The maximum absolute atomic E-state index is 11.2. The second kappa shape index (κ2) is 8.15. The van der Waals surface area contributed by atoms with E-state index >= 15 is 0 Å². The van der Waals surface area contributed by atoms with E-state index in [-0.39, 0.29) is 13.2 Å². The molecule has 0 radical (unpaired) electrons. The predicted molar refractivity (Wildman–Crippen MR) is 52.6 cm³/mol. The molecule has 0 aliphatic heterocycles. The molecule has 7 nitrogen and oxygen atoms in total. The third-order valence-electron chi connectivity index (χ3n) is 1.42. The molecule has 2 atom stereocenters. The van der Waals surface area contributed by atoms with Crippen molar-refractivity contribution in [2.75, 3.05) is 13.2 Å². The first-order valence-electron chi connectivity index (χ1n) is 4.66. The van der Waals surface area contributed by atoms with Crippen LogP contribution in [0.1, 0.15) is 20.3 Å². The van der Waals surface area contributed by atoms with Crippen molar-refractivity contribution in [2.45, 2.75) is 26.4 Å². The van der Waals surface area contributed by atoms with Crippen molar-refractivity contribution in [2.24, 2.45) is 0 Å². The molecule has 0 bridgehead atoms. The van der Waals surface area contributed by atoms with Crippen molar-refractivity contribution in [1.29, 1.82) is 0 Å². The summed E-state index contributed by atoms with van der Waals surface area (Å²) in [6.07, 6.45) is -1.86. The molecule has 0 heterocycles. The first-order chi connectivity index (χ1) is 7.51. The zero-order valence-corrected chi connectivity index (χ0v) is 9.94. The first-order valence-corrected chi connectivity index (χ1v) is 5.79. The van der Waals surface area contributed by atoms with Crippen molar-refractivity contribution in [3.05, 3.63) is 0 Å². The van der Waals surface area contributed by atoms with Gasteiger partial charge in [-0.05, 0) is 13.8 Å². The fourth-order valence-corrected chi connectivity index (χ4v) is 1.26. The minimum atomic E-state index is -2.98. The second-order valence-electron chi connectivity index (χ2n) is 2.59. The summed E-state index contributed by atoms with van der Waals surface area (Å²) >= 11 is 0. The van der Waals surface area contributed by atoms with E-state index in [0.29, 0.717) is 0 Å². The van der Waals surface area contributed by atoms with Gasteiger partial charge in [-0.15, -0.1) is 9.42 Å². The van der Waals surface area contributed by atoms with Crippen molar-refractivity contribution < 1.29 is 33.0 Å². The number of hydrogen-bond donors (Lipinski definition) is 1. The van der Waals surface area contributed by atoms with E-state index < -0.39 is 32.7 Å². The van der Waals surface area contributed by atoms with Crippen LogP contribution in [0, 0.1) is 0 Å². The van der Waals surface area contributed by atoms with Crippen molar-refractivity contribution in [3.8, 4) is 0 Å². The highest BCUT2D eigenvalue weighted by atomic mass is 31.1. The zero-order valence-electron chi connectivity index (χ0n) is 9.04. The highest BCUT2D eigenvalue weighted by Gasteiger charge is 2.33. The Morgan fingerprint density at radius 3 is 2.25 bits per heavy atom. The lowest BCUT2D eigenvalue weighted by atomic mass is 10.2. The molecule has 0 aromatic rings. The SMILES string of the molecule is CCOC(=O)CC(O[P+](=O)O)C(=O)OCC. The molecular formula is C8H14O7P+. The molecule has 2 unspecified atom stereocenters. The maximum atomic E-state index is 11.2. The highest BCUT2D eigenvalue weighted by molar-refractivity contribution is 7.32. The minimum Gasteiger partial charge on any atom is -0.466 e. The Balaban J connectivity index is 4.36. The number of hydrogen-bond acceptors (Lipinski definition) is 6. The lowest BCUT2D eigenvalue weighted by molar-refractivity contribution is -0.158. The standard InChI is InChI=1S/C8H13O7P/c1-3-13-7(9)5-6(15-16(11)12)8(10)14-4-2/h6H,3-5H2,1-2H3/p+1. The van der Waals surface area contributed by atoms with Gasteiger partial charge in [0.05, 0.1) is 19.6 Å². The van der Waals surface area contributed by atoms with Gasteiger partial charge in [0.2, 0.25) is 6.10 Å². The van der Waals surface area contributed by atoms with E-state index in [4.69, 9.17) is 4.89 Å². The Labute approximate surface area is 93.6 Å². The van der Waals surface area contributed by atoms with Gasteiger partial charge in [0.1, 0.15) is 0 Å². The Kier molecular flexibility index (Phi) is 7.62. The molecule has 8 heteroatoms. The van der Waals surface area contributed by atoms with Crippen LogP contribution in [-0.2, 0) is 28.2 Å². The van der Waals surface area contributed by atoms with E-state index in [1.807, 2.05) is 0 Å². The average molecular weight is 253 g/mol. The fourth-order valence-electron chi connectivity index (χ4n) is 0.879. The van der Waals surface area contributed by atoms with Crippen LogP contribution in [0.15, 0.2) is 0 Å². The van der Waals surface area contributed by atoms with Crippen molar-refractivity contribution >= 4 is 20.2 Å². The summed E-state index contributed by atoms with van der Waals surface area (Å²) in [6.45, 7) is 3.41. The molecule has 0 saturated heterocycles. The summed E-state index contributed by atoms with van der Waals surface area (Å²) in [5.74, 6) is -1.56. The first kappa shape index (κ1) is 15.0. The molecule has 0 aliphatic rings. The summed E-state index contributed by atoms with van der Waals surface area (Å²) in [6, 6.07) is 0. The van der Waals surface area contributed by atoms with Crippen LogP contribution in [-0.4, -0.2) is 36.1 Å². The van der Waals surface area contributed by atoms with Gasteiger partial charge in [-0.1, -0.05) is 0 Å². The predicted octanol–water partition coefficient (Wildman–Crippen LogP) is 0.538. The maximum Gasteiger partial charge on any atom is 0.695 e. The quantitative estimate of drug-likeness (QED) is 0.522. The molecule has 0 rings (SSSR count). The molecule has 0 spiro atoms. The second-order valence-corrected chi connectivity index (χ2v) is 3.28. The fraction of sp³-hybridized carbons (Fsp3) is 0.750. The van der Waals surface area contributed by atoms with Gasteiger partial charge in [0, 0.05) is 4.57 Å². The van der Waals surface area contributed by atoms with Gasteiger partial charge in [0.25, 0.3) is 0 Å².